The Morgan fingerprint density at radius 1 is 1.20 bits per heavy atom. The first-order valence-electron chi connectivity index (χ1n) is 8.97. The number of benzene rings is 2. The van der Waals surface area contributed by atoms with E-state index in [1.807, 2.05) is 24.3 Å². The van der Waals surface area contributed by atoms with Gasteiger partial charge in [-0.25, -0.2) is 4.98 Å². The molecule has 1 aliphatic heterocycles. The highest BCUT2D eigenvalue weighted by Gasteiger charge is 2.19. The molecule has 0 saturated carbocycles. The fourth-order valence-corrected chi connectivity index (χ4v) is 3.61. The van der Waals surface area contributed by atoms with Crippen molar-refractivity contribution in [3.8, 4) is 0 Å². The Morgan fingerprint density at radius 3 is 2.88 bits per heavy atom. The van der Waals surface area contributed by atoms with Crippen molar-refractivity contribution in [2.45, 2.75) is 39.2 Å². The summed E-state index contributed by atoms with van der Waals surface area (Å²) in [5, 5.41) is 0.645. The summed E-state index contributed by atoms with van der Waals surface area (Å²) in [6.45, 7) is 6.08. The maximum Gasteiger partial charge on any atom is 0.258 e. The molecule has 0 spiro atoms. The van der Waals surface area contributed by atoms with E-state index >= 15 is 0 Å². The molecule has 0 fully saturated rings. The fourth-order valence-electron chi connectivity index (χ4n) is 3.61. The minimum atomic E-state index is -0.0620. The molecule has 0 saturated heterocycles. The van der Waals surface area contributed by atoms with Crippen LogP contribution in [0, 0.1) is 0 Å². The van der Waals surface area contributed by atoms with Gasteiger partial charge in [-0.05, 0) is 48.1 Å². The molecular weight excluding hydrogens is 310 g/mol. The number of nitrogens with one attached hydrogen (secondary N) is 1. The molecule has 0 unspecified atom stereocenters. The molecule has 128 valence electrons. The second-order valence-corrected chi connectivity index (χ2v) is 7.10. The van der Waals surface area contributed by atoms with E-state index in [1.54, 1.807) is 0 Å². The van der Waals surface area contributed by atoms with Crippen molar-refractivity contribution < 1.29 is 0 Å². The lowest BCUT2D eigenvalue weighted by Gasteiger charge is -2.31. The Labute approximate surface area is 147 Å². The van der Waals surface area contributed by atoms with Crippen molar-refractivity contribution >= 4 is 16.6 Å². The average molecular weight is 333 g/mol. The Morgan fingerprint density at radius 2 is 2.04 bits per heavy atom. The number of hydrogen-bond donors (Lipinski definition) is 1. The topological polar surface area (TPSA) is 49.0 Å². The van der Waals surface area contributed by atoms with Crippen molar-refractivity contribution in [3.63, 3.8) is 0 Å². The van der Waals surface area contributed by atoms with Gasteiger partial charge in [0.25, 0.3) is 5.56 Å². The number of nitrogens with zero attached hydrogens (tertiary/aromatic N) is 2. The molecule has 0 radical (unpaired) electrons. The van der Waals surface area contributed by atoms with Crippen molar-refractivity contribution in [3.05, 3.63) is 69.8 Å². The Hall–Kier alpha value is -2.62. The lowest BCUT2D eigenvalue weighted by molar-refractivity contribution is 0.672. The zero-order valence-corrected chi connectivity index (χ0v) is 14.7. The number of rotatable bonds is 3. The minimum Gasteiger partial charge on any atom is -0.364 e. The summed E-state index contributed by atoms with van der Waals surface area (Å²) in [6, 6.07) is 14.3. The van der Waals surface area contributed by atoms with Crippen LogP contribution < -0.4 is 10.5 Å². The first-order chi connectivity index (χ1) is 12.1. The summed E-state index contributed by atoms with van der Waals surface area (Å²) in [6.07, 6.45) is 2.25. The van der Waals surface area contributed by atoms with Crippen LogP contribution >= 0.6 is 0 Å². The number of aromatic amines is 1. The molecule has 3 aromatic rings. The van der Waals surface area contributed by atoms with Crippen LogP contribution in [0.4, 0.5) is 5.69 Å². The first kappa shape index (κ1) is 15.9. The fraction of sp³-hybridized carbons (Fsp3) is 0.333. The smallest absolute Gasteiger partial charge is 0.258 e. The van der Waals surface area contributed by atoms with E-state index < -0.39 is 0 Å². The molecule has 4 heteroatoms. The zero-order valence-electron chi connectivity index (χ0n) is 14.7. The quantitative estimate of drug-likeness (QED) is 0.788. The number of aryl methyl sites for hydroxylation is 1. The number of anilines is 1. The Bertz CT molecular complexity index is 974. The van der Waals surface area contributed by atoms with Gasteiger partial charge >= 0.3 is 0 Å². The summed E-state index contributed by atoms with van der Waals surface area (Å²) >= 11 is 0. The van der Waals surface area contributed by atoms with Gasteiger partial charge in [-0.2, -0.15) is 0 Å². The van der Waals surface area contributed by atoms with E-state index in [2.05, 4.69) is 46.9 Å². The van der Waals surface area contributed by atoms with Gasteiger partial charge in [0.15, 0.2) is 0 Å². The van der Waals surface area contributed by atoms with E-state index in [0.29, 0.717) is 17.8 Å². The van der Waals surface area contributed by atoms with Gasteiger partial charge in [0, 0.05) is 12.2 Å². The third kappa shape index (κ3) is 3.04. The first-order valence-corrected chi connectivity index (χ1v) is 8.97. The van der Waals surface area contributed by atoms with E-state index in [0.717, 1.165) is 30.7 Å². The number of H-pyrrole nitrogens is 1. The predicted octanol–water partition coefficient (Wildman–Crippen LogP) is 4.00. The highest BCUT2D eigenvalue weighted by Crippen LogP contribution is 2.30. The van der Waals surface area contributed by atoms with Crippen LogP contribution in [0.25, 0.3) is 10.9 Å². The zero-order chi connectivity index (χ0) is 17.4. The molecule has 0 amide bonds. The highest BCUT2D eigenvalue weighted by molar-refractivity contribution is 5.77. The van der Waals surface area contributed by atoms with E-state index in [4.69, 9.17) is 0 Å². The lowest BCUT2D eigenvalue weighted by Crippen LogP contribution is -2.30. The molecule has 1 aromatic heterocycles. The molecule has 2 aromatic carbocycles. The monoisotopic (exact) mass is 333 g/mol. The van der Waals surface area contributed by atoms with Gasteiger partial charge in [0.2, 0.25) is 0 Å². The third-order valence-electron chi connectivity index (χ3n) is 4.99. The van der Waals surface area contributed by atoms with Crippen LogP contribution in [0.3, 0.4) is 0 Å². The predicted molar refractivity (Wildman–Crippen MR) is 102 cm³/mol. The number of para-hydroxylation sites is 1. The maximum atomic E-state index is 12.3. The van der Waals surface area contributed by atoms with Crippen LogP contribution in [0.5, 0.6) is 0 Å². The number of hydrogen-bond acceptors (Lipinski definition) is 3. The SMILES string of the molecule is CC(C)c1ccc2c(c1)CCCN2Cc1nc2ccccc2c(=O)[nH]1. The average Bonchev–Trinajstić information content (AvgIpc) is 2.61. The number of aromatic nitrogens is 2. The van der Waals surface area contributed by atoms with Crippen molar-refractivity contribution in [1.29, 1.82) is 0 Å². The summed E-state index contributed by atoms with van der Waals surface area (Å²) < 4.78 is 0. The molecule has 0 aliphatic carbocycles. The Kier molecular flexibility index (Phi) is 4.04. The third-order valence-corrected chi connectivity index (χ3v) is 4.99. The molecule has 4 rings (SSSR count). The summed E-state index contributed by atoms with van der Waals surface area (Å²) in [5.41, 5.74) is 4.76. The van der Waals surface area contributed by atoms with Gasteiger partial charge in [0.05, 0.1) is 17.4 Å². The van der Waals surface area contributed by atoms with Gasteiger partial charge in [-0.1, -0.05) is 38.1 Å². The van der Waals surface area contributed by atoms with Crippen molar-refractivity contribution in [1.82, 2.24) is 9.97 Å². The van der Waals surface area contributed by atoms with E-state index in [-0.39, 0.29) is 5.56 Å². The molecule has 0 atom stereocenters. The largest absolute Gasteiger partial charge is 0.364 e. The van der Waals surface area contributed by atoms with Crippen LogP contribution in [0.2, 0.25) is 0 Å². The van der Waals surface area contributed by atoms with Crippen molar-refractivity contribution in [2.24, 2.45) is 0 Å². The minimum absolute atomic E-state index is 0.0620. The molecular formula is C21H23N3O. The van der Waals surface area contributed by atoms with Crippen LogP contribution in [0.1, 0.15) is 43.1 Å². The Balaban J connectivity index is 1.68. The van der Waals surface area contributed by atoms with Crippen LogP contribution in [-0.2, 0) is 13.0 Å². The number of fused-ring (bicyclic) bond motifs is 2. The molecule has 4 nitrogen and oxygen atoms in total. The molecule has 1 N–H and O–H groups in total. The highest BCUT2D eigenvalue weighted by atomic mass is 16.1. The normalized spacial score (nSPS) is 14.1. The summed E-state index contributed by atoms with van der Waals surface area (Å²) in [5.74, 6) is 1.27. The van der Waals surface area contributed by atoms with Gasteiger partial charge in [-0.15, -0.1) is 0 Å². The molecule has 1 aliphatic rings. The molecule has 25 heavy (non-hydrogen) atoms. The standard InChI is InChI=1S/C21H23N3O/c1-14(2)15-9-10-19-16(12-15)6-5-11-24(19)13-20-22-18-8-4-3-7-17(18)21(25)23-20/h3-4,7-10,12,14H,5-6,11,13H2,1-2H3,(H,22,23,25). The second kappa shape index (κ2) is 6.36. The second-order valence-electron chi connectivity index (χ2n) is 7.10. The summed E-state index contributed by atoms with van der Waals surface area (Å²) in [4.78, 5) is 22.2. The van der Waals surface area contributed by atoms with Gasteiger partial charge in [-0.3, -0.25) is 4.79 Å². The van der Waals surface area contributed by atoms with Crippen LogP contribution in [0.15, 0.2) is 47.3 Å². The van der Waals surface area contributed by atoms with E-state index in [9.17, 15) is 4.79 Å². The summed E-state index contributed by atoms with van der Waals surface area (Å²) in [7, 11) is 0. The maximum absolute atomic E-state index is 12.3. The lowest BCUT2D eigenvalue weighted by atomic mass is 9.95. The van der Waals surface area contributed by atoms with Crippen molar-refractivity contribution in [2.75, 3.05) is 11.4 Å². The van der Waals surface area contributed by atoms with Gasteiger partial charge < -0.3 is 9.88 Å². The van der Waals surface area contributed by atoms with Gasteiger partial charge in [0.1, 0.15) is 5.82 Å². The van der Waals surface area contributed by atoms with Crippen LogP contribution in [-0.4, -0.2) is 16.5 Å². The molecule has 0 bridgehead atoms. The van der Waals surface area contributed by atoms with E-state index in [1.165, 1.54) is 16.8 Å². The molecule has 2 heterocycles.